The molecule has 130 valence electrons. The van der Waals surface area contributed by atoms with Gasteiger partial charge in [0.1, 0.15) is 0 Å². The molecule has 0 fully saturated rings. The number of carbonyl (C=O) groups is 2. The van der Waals surface area contributed by atoms with Gasteiger partial charge in [0.2, 0.25) is 12.5 Å². The van der Waals surface area contributed by atoms with E-state index >= 15 is 0 Å². The largest absolute Gasteiger partial charge is 0.479 e. The van der Waals surface area contributed by atoms with E-state index in [1.54, 1.807) is 19.1 Å². The molecule has 8 nitrogen and oxygen atoms in total. The molecule has 0 saturated carbocycles. The molecule has 24 heavy (non-hydrogen) atoms. The molecule has 2 aliphatic heterocycles. The number of likely N-dealkylation sites (N-methyl/N-ethyl adjacent to an activating group) is 1. The second-order valence-corrected chi connectivity index (χ2v) is 5.58. The van der Waals surface area contributed by atoms with Crippen LogP contribution in [-0.4, -0.2) is 64.0 Å². The first-order valence-corrected chi connectivity index (χ1v) is 7.71. The van der Waals surface area contributed by atoms with Gasteiger partial charge in [-0.2, -0.15) is 0 Å². The van der Waals surface area contributed by atoms with Crippen molar-refractivity contribution in [3.8, 4) is 17.2 Å². The standard InChI is InChI=1S/C16H20N2O6/c1-18-5-3-10-7-11-14(24-9-23-11)15(13(10)16(18)20)22-8-12(19)17-4-6-21-2/h7H,3-6,8-9H2,1-2H3,(H,17,19). The molecule has 0 radical (unpaired) electrons. The molecular formula is C16H20N2O6. The predicted molar refractivity (Wildman–Crippen MR) is 83.6 cm³/mol. The maximum Gasteiger partial charge on any atom is 0.258 e. The maximum atomic E-state index is 12.5. The molecule has 2 heterocycles. The maximum absolute atomic E-state index is 12.5. The van der Waals surface area contributed by atoms with Crippen LogP contribution >= 0.6 is 0 Å². The summed E-state index contributed by atoms with van der Waals surface area (Å²) in [6.07, 6.45) is 0.699. The molecule has 1 aromatic carbocycles. The van der Waals surface area contributed by atoms with Crippen LogP contribution in [-0.2, 0) is 16.0 Å². The Labute approximate surface area is 139 Å². The van der Waals surface area contributed by atoms with Crippen molar-refractivity contribution < 1.29 is 28.5 Å². The highest BCUT2D eigenvalue weighted by Crippen LogP contribution is 2.46. The van der Waals surface area contributed by atoms with Crippen LogP contribution in [0.3, 0.4) is 0 Å². The molecule has 0 aliphatic carbocycles. The Kier molecular flexibility index (Phi) is 4.75. The summed E-state index contributed by atoms with van der Waals surface area (Å²) in [5.41, 5.74) is 1.29. The van der Waals surface area contributed by atoms with Crippen molar-refractivity contribution in [3.05, 3.63) is 17.2 Å². The zero-order valence-electron chi connectivity index (χ0n) is 13.7. The highest BCUT2D eigenvalue weighted by molar-refractivity contribution is 6.01. The van der Waals surface area contributed by atoms with E-state index in [9.17, 15) is 9.59 Å². The Bertz CT molecular complexity index is 660. The lowest BCUT2D eigenvalue weighted by atomic mass is 9.97. The van der Waals surface area contributed by atoms with Gasteiger partial charge in [0.25, 0.3) is 11.8 Å². The molecule has 3 rings (SSSR count). The molecule has 8 heteroatoms. The molecule has 0 atom stereocenters. The number of hydrogen-bond donors (Lipinski definition) is 1. The van der Waals surface area contributed by atoms with Crippen LogP contribution in [0, 0.1) is 0 Å². The van der Waals surface area contributed by atoms with Crippen molar-refractivity contribution >= 4 is 11.8 Å². The Balaban J connectivity index is 1.82. The van der Waals surface area contributed by atoms with Crippen molar-refractivity contribution in [1.29, 1.82) is 0 Å². The first-order chi connectivity index (χ1) is 11.6. The molecule has 1 N–H and O–H groups in total. The summed E-state index contributed by atoms with van der Waals surface area (Å²) in [7, 11) is 3.29. The minimum Gasteiger partial charge on any atom is -0.479 e. The van der Waals surface area contributed by atoms with E-state index in [2.05, 4.69) is 5.32 Å². The Morgan fingerprint density at radius 3 is 3.04 bits per heavy atom. The smallest absolute Gasteiger partial charge is 0.258 e. The second kappa shape index (κ2) is 6.96. The van der Waals surface area contributed by atoms with Crippen LogP contribution in [0.2, 0.25) is 0 Å². The van der Waals surface area contributed by atoms with Gasteiger partial charge in [-0.25, -0.2) is 0 Å². The minimum absolute atomic E-state index is 0.0681. The van der Waals surface area contributed by atoms with Crippen LogP contribution in [0.25, 0.3) is 0 Å². The summed E-state index contributed by atoms with van der Waals surface area (Å²) < 4.78 is 21.4. The normalized spacial score (nSPS) is 15.2. The first-order valence-electron chi connectivity index (χ1n) is 7.71. The van der Waals surface area contributed by atoms with E-state index < -0.39 is 0 Å². The highest BCUT2D eigenvalue weighted by Gasteiger charge is 2.33. The van der Waals surface area contributed by atoms with Gasteiger partial charge in [0, 0.05) is 27.2 Å². The van der Waals surface area contributed by atoms with Gasteiger partial charge in [0.05, 0.1) is 12.2 Å². The van der Waals surface area contributed by atoms with E-state index in [0.29, 0.717) is 43.2 Å². The summed E-state index contributed by atoms with van der Waals surface area (Å²) in [6, 6.07) is 1.81. The Morgan fingerprint density at radius 2 is 2.25 bits per heavy atom. The molecular weight excluding hydrogens is 316 g/mol. The summed E-state index contributed by atoms with van der Waals surface area (Å²) in [5, 5.41) is 2.67. The van der Waals surface area contributed by atoms with Crippen molar-refractivity contribution in [2.75, 3.05) is 47.3 Å². The molecule has 0 unspecified atom stereocenters. The van der Waals surface area contributed by atoms with Gasteiger partial charge in [0.15, 0.2) is 18.1 Å². The summed E-state index contributed by atoms with van der Waals surface area (Å²) >= 11 is 0. The van der Waals surface area contributed by atoms with E-state index in [-0.39, 0.29) is 31.0 Å². The van der Waals surface area contributed by atoms with E-state index in [1.165, 1.54) is 0 Å². The van der Waals surface area contributed by atoms with Crippen molar-refractivity contribution in [1.82, 2.24) is 10.2 Å². The predicted octanol–water partition coefficient (Wildman–Crippen LogP) is 0.185. The number of ether oxygens (including phenoxy) is 4. The number of nitrogens with one attached hydrogen (secondary N) is 1. The van der Waals surface area contributed by atoms with E-state index in [1.807, 2.05) is 6.07 Å². The molecule has 0 bridgehead atoms. The van der Waals surface area contributed by atoms with Crippen LogP contribution < -0.4 is 19.5 Å². The fourth-order valence-corrected chi connectivity index (χ4v) is 2.69. The Hall–Kier alpha value is -2.48. The molecule has 1 aromatic rings. The molecule has 0 aromatic heterocycles. The van der Waals surface area contributed by atoms with Crippen LogP contribution in [0.15, 0.2) is 6.07 Å². The van der Waals surface area contributed by atoms with Gasteiger partial charge < -0.3 is 29.2 Å². The summed E-state index contributed by atoms with van der Waals surface area (Å²) in [5.74, 6) is 0.750. The average molecular weight is 336 g/mol. The van der Waals surface area contributed by atoms with Gasteiger partial charge in [-0.05, 0) is 18.1 Å². The topological polar surface area (TPSA) is 86.3 Å². The number of benzene rings is 1. The van der Waals surface area contributed by atoms with Crippen molar-refractivity contribution in [2.45, 2.75) is 6.42 Å². The monoisotopic (exact) mass is 336 g/mol. The third-order valence-corrected chi connectivity index (χ3v) is 3.95. The lowest BCUT2D eigenvalue weighted by Gasteiger charge is -2.27. The minimum atomic E-state index is -0.297. The number of rotatable bonds is 6. The van der Waals surface area contributed by atoms with Gasteiger partial charge >= 0.3 is 0 Å². The van der Waals surface area contributed by atoms with Crippen LogP contribution in [0.4, 0.5) is 0 Å². The number of amides is 2. The molecule has 2 amide bonds. The average Bonchev–Trinajstić information content (AvgIpc) is 3.04. The number of hydrogen-bond acceptors (Lipinski definition) is 6. The number of nitrogens with zero attached hydrogens (tertiary/aromatic N) is 1. The third kappa shape index (κ3) is 3.09. The summed E-state index contributed by atoms with van der Waals surface area (Å²) in [6.45, 7) is 1.29. The molecule has 2 aliphatic rings. The van der Waals surface area contributed by atoms with E-state index in [4.69, 9.17) is 18.9 Å². The fraction of sp³-hybridized carbons (Fsp3) is 0.500. The van der Waals surface area contributed by atoms with Crippen molar-refractivity contribution in [2.24, 2.45) is 0 Å². The second-order valence-electron chi connectivity index (χ2n) is 5.58. The third-order valence-electron chi connectivity index (χ3n) is 3.95. The summed E-state index contributed by atoms with van der Waals surface area (Å²) in [4.78, 5) is 26.0. The molecule has 0 spiro atoms. The first kappa shape index (κ1) is 16.4. The van der Waals surface area contributed by atoms with Crippen LogP contribution in [0.5, 0.6) is 17.2 Å². The SMILES string of the molecule is COCCNC(=O)COc1c2c(cc3c1C(=O)N(C)CC3)OCO2. The highest BCUT2D eigenvalue weighted by atomic mass is 16.7. The zero-order valence-corrected chi connectivity index (χ0v) is 13.7. The number of fused-ring (bicyclic) bond motifs is 2. The van der Waals surface area contributed by atoms with Gasteiger partial charge in [-0.15, -0.1) is 0 Å². The number of methoxy groups -OCH3 is 1. The fourth-order valence-electron chi connectivity index (χ4n) is 2.69. The lowest BCUT2D eigenvalue weighted by Crippen LogP contribution is -2.35. The van der Waals surface area contributed by atoms with Crippen molar-refractivity contribution in [3.63, 3.8) is 0 Å². The van der Waals surface area contributed by atoms with Gasteiger partial charge in [-0.3, -0.25) is 9.59 Å². The van der Waals surface area contributed by atoms with Gasteiger partial charge in [-0.1, -0.05) is 0 Å². The number of carbonyl (C=O) groups excluding carboxylic acids is 2. The lowest BCUT2D eigenvalue weighted by molar-refractivity contribution is -0.123. The van der Waals surface area contributed by atoms with Crippen LogP contribution in [0.1, 0.15) is 15.9 Å². The molecule has 0 saturated heterocycles. The quantitative estimate of drug-likeness (QED) is 0.746. The zero-order chi connectivity index (χ0) is 17.1. The van der Waals surface area contributed by atoms with E-state index in [0.717, 1.165) is 5.56 Å². The Morgan fingerprint density at radius 1 is 1.42 bits per heavy atom.